The first-order valence-electron chi connectivity index (χ1n) is 5.45. The largest absolute Gasteiger partial charge is 0.491 e. The van der Waals surface area contributed by atoms with Crippen molar-refractivity contribution in [3.63, 3.8) is 0 Å². The number of nitrogens with one attached hydrogen (secondary N) is 1. The summed E-state index contributed by atoms with van der Waals surface area (Å²) in [5.74, 6) is 0.908. The van der Waals surface area contributed by atoms with Crippen LogP contribution in [-0.2, 0) is 4.74 Å². The van der Waals surface area contributed by atoms with E-state index in [1.165, 1.54) is 0 Å². The highest BCUT2D eigenvalue weighted by Gasteiger charge is 2.13. The Morgan fingerprint density at radius 3 is 2.80 bits per heavy atom. The molecule has 1 heterocycles. The van der Waals surface area contributed by atoms with Gasteiger partial charge in [-0.2, -0.15) is 0 Å². The summed E-state index contributed by atoms with van der Waals surface area (Å²) in [5.41, 5.74) is 0. The highest BCUT2D eigenvalue weighted by Crippen LogP contribution is 2.08. The normalized spacial score (nSPS) is 20.4. The first kappa shape index (κ1) is 10.5. The molecule has 1 aliphatic heterocycles. The topological polar surface area (TPSA) is 30.5 Å². The van der Waals surface area contributed by atoms with Gasteiger partial charge in [-0.1, -0.05) is 18.2 Å². The van der Waals surface area contributed by atoms with Crippen LogP contribution in [-0.4, -0.2) is 32.4 Å². The molecule has 0 amide bonds. The van der Waals surface area contributed by atoms with Gasteiger partial charge in [-0.25, -0.2) is 0 Å². The fourth-order valence-corrected chi connectivity index (χ4v) is 1.66. The van der Waals surface area contributed by atoms with E-state index in [1.54, 1.807) is 0 Å². The molecule has 2 rings (SSSR count). The highest BCUT2D eigenvalue weighted by atomic mass is 16.5. The molecule has 0 saturated carbocycles. The van der Waals surface area contributed by atoms with Gasteiger partial charge < -0.3 is 14.8 Å². The maximum absolute atomic E-state index is 5.64. The molecular formula is C12H17NO2. The number of para-hydroxylation sites is 1. The van der Waals surface area contributed by atoms with Gasteiger partial charge in [0.15, 0.2) is 0 Å². The summed E-state index contributed by atoms with van der Waals surface area (Å²) in [5, 5.41) is 3.27. The van der Waals surface area contributed by atoms with Crippen molar-refractivity contribution in [2.24, 2.45) is 0 Å². The second-order valence-corrected chi connectivity index (χ2v) is 3.65. The molecule has 0 unspecified atom stereocenters. The van der Waals surface area contributed by atoms with Crippen molar-refractivity contribution in [1.82, 2.24) is 5.32 Å². The van der Waals surface area contributed by atoms with Crippen LogP contribution in [0.15, 0.2) is 30.3 Å². The molecule has 3 nitrogen and oxygen atoms in total. The third-order valence-corrected chi connectivity index (χ3v) is 2.46. The fourth-order valence-electron chi connectivity index (χ4n) is 1.66. The van der Waals surface area contributed by atoms with Gasteiger partial charge in [0.25, 0.3) is 0 Å². The third kappa shape index (κ3) is 3.53. The Hall–Kier alpha value is -1.06. The molecule has 0 aliphatic carbocycles. The van der Waals surface area contributed by atoms with Crippen LogP contribution in [0.1, 0.15) is 6.42 Å². The summed E-state index contributed by atoms with van der Waals surface area (Å²) in [4.78, 5) is 0. The molecule has 1 saturated heterocycles. The van der Waals surface area contributed by atoms with Gasteiger partial charge in [0.2, 0.25) is 0 Å². The maximum Gasteiger partial charge on any atom is 0.119 e. The number of benzene rings is 1. The molecule has 3 heteroatoms. The third-order valence-electron chi connectivity index (χ3n) is 2.46. The Balaban J connectivity index is 1.59. The minimum Gasteiger partial charge on any atom is -0.491 e. The monoisotopic (exact) mass is 207 g/mol. The molecule has 0 radical (unpaired) electrons. The molecule has 1 fully saturated rings. The summed E-state index contributed by atoms with van der Waals surface area (Å²) >= 11 is 0. The summed E-state index contributed by atoms with van der Waals surface area (Å²) in [6.07, 6.45) is 1.50. The number of rotatable bonds is 5. The Morgan fingerprint density at radius 2 is 2.07 bits per heavy atom. The van der Waals surface area contributed by atoms with E-state index in [2.05, 4.69) is 5.32 Å². The van der Waals surface area contributed by atoms with Crippen molar-refractivity contribution >= 4 is 0 Å². The van der Waals surface area contributed by atoms with E-state index in [-0.39, 0.29) is 0 Å². The van der Waals surface area contributed by atoms with Crippen LogP contribution in [0.5, 0.6) is 5.75 Å². The van der Waals surface area contributed by atoms with Crippen LogP contribution in [0.25, 0.3) is 0 Å². The summed E-state index contributed by atoms with van der Waals surface area (Å²) < 4.78 is 11.2. The van der Waals surface area contributed by atoms with Crippen LogP contribution < -0.4 is 10.1 Å². The molecule has 1 aliphatic rings. The molecule has 15 heavy (non-hydrogen) atoms. The number of hydrogen-bond acceptors (Lipinski definition) is 3. The zero-order chi connectivity index (χ0) is 10.3. The van der Waals surface area contributed by atoms with E-state index in [1.807, 2.05) is 30.3 Å². The lowest BCUT2D eigenvalue weighted by molar-refractivity contribution is 0.0455. The first-order valence-corrected chi connectivity index (χ1v) is 5.45. The molecule has 1 aromatic carbocycles. The van der Waals surface area contributed by atoms with Crippen LogP contribution in [0.2, 0.25) is 0 Å². The number of hydrogen-bond donors (Lipinski definition) is 1. The zero-order valence-electron chi connectivity index (χ0n) is 8.82. The van der Waals surface area contributed by atoms with Gasteiger partial charge in [0.1, 0.15) is 12.4 Å². The van der Waals surface area contributed by atoms with Crippen molar-refractivity contribution in [3.8, 4) is 5.75 Å². The minimum atomic E-state index is 0.379. The van der Waals surface area contributed by atoms with Crippen LogP contribution in [0, 0.1) is 0 Å². The molecule has 0 spiro atoms. The minimum absolute atomic E-state index is 0.379. The summed E-state index contributed by atoms with van der Waals surface area (Å²) in [6, 6.07) is 9.83. The van der Waals surface area contributed by atoms with Crippen molar-refractivity contribution in [1.29, 1.82) is 0 Å². The molecule has 82 valence electrons. The van der Waals surface area contributed by atoms with Crippen LogP contribution in [0.4, 0.5) is 0 Å². The summed E-state index contributed by atoms with van der Waals surface area (Å²) in [7, 11) is 0. The lowest BCUT2D eigenvalue weighted by Crippen LogP contribution is -2.19. The van der Waals surface area contributed by atoms with Crippen LogP contribution in [0.3, 0.4) is 0 Å². The fraction of sp³-hybridized carbons (Fsp3) is 0.500. The second-order valence-electron chi connectivity index (χ2n) is 3.65. The first-order chi connectivity index (χ1) is 7.45. The van der Waals surface area contributed by atoms with E-state index in [9.17, 15) is 0 Å². The quantitative estimate of drug-likeness (QED) is 0.741. The highest BCUT2D eigenvalue weighted by molar-refractivity contribution is 5.20. The van der Waals surface area contributed by atoms with Gasteiger partial charge in [0, 0.05) is 6.54 Å². The van der Waals surface area contributed by atoms with Gasteiger partial charge in [-0.3, -0.25) is 0 Å². The Kier molecular flexibility index (Phi) is 4.00. The predicted molar refractivity (Wildman–Crippen MR) is 59.2 cm³/mol. The van der Waals surface area contributed by atoms with Crippen molar-refractivity contribution < 1.29 is 9.47 Å². The standard InChI is InChI=1S/C12H17NO2/c1-2-4-11(5-3-1)14-8-9-15-12-6-7-13-10-12/h1-5,12-13H,6-10H2/t12-/m0/s1. The average Bonchev–Trinajstić information content (AvgIpc) is 2.79. The van der Waals surface area contributed by atoms with Crippen LogP contribution >= 0.6 is 0 Å². The lowest BCUT2D eigenvalue weighted by atomic mass is 10.3. The van der Waals surface area contributed by atoms with Gasteiger partial charge in [-0.05, 0) is 25.1 Å². The lowest BCUT2D eigenvalue weighted by Gasteiger charge is -2.11. The number of ether oxygens (including phenoxy) is 2. The molecule has 0 bridgehead atoms. The molecular weight excluding hydrogens is 190 g/mol. The SMILES string of the molecule is c1ccc(OCCO[C@H]2CCNC2)cc1. The molecule has 1 atom stereocenters. The second kappa shape index (κ2) is 5.73. The van der Waals surface area contributed by atoms with E-state index >= 15 is 0 Å². The summed E-state index contributed by atoms with van der Waals surface area (Å²) in [6.45, 7) is 3.34. The van der Waals surface area contributed by atoms with E-state index < -0.39 is 0 Å². The van der Waals surface area contributed by atoms with Gasteiger partial charge in [-0.15, -0.1) is 0 Å². The Labute approximate surface area is 90.4 Å². The van der Waals surface area contributed by atoms with Gasteiger partial charge in [0.05, 0.1) is 12.7 Å². The van der Waals surface area contributed by atoms with Crippen molar-refractivity contribution in [2.75, 3.05) is 26.3 Å². The Morgan fingerprint density at radius 1 is 1.20 bits per heavy atom. The Bertz CT molecular complexity index is 270. The molecule has 1 N–H and O–H groups in total. The smallest absolute Gasteiger partial charge is 0.119 e. The maximum atomic E-state index is 5.64. The average molecular weight is 207 g/mol. The predicted octanol–water partition coefficient (Wildman–Crippen LogP) is 1.44. The zero-order valence-corrected chi connectivity index (χ0v) is 8.82. The van der Waals surface area contributed by atoms with E-state index in [4.69, 9.17) is 9.47 Å². The van der Waals surface area contributed by atoms with Crippen molar-refractivity contribution in [2.45, 2.75) is 12.5 Å². The van der Waals surface area contributed by atoms with E-state index in [0.29, 0.717) is 19.3 Å². The van der Waals surface area contributed by atoms with Gasteiger partial charge >= 0.3 is 0 Å². The molecule has 0 aromatic heterocycles. The van der Waals surface area contributed by atoms with E-state index in [0.717, 1.165) is 25.3 Å². The molecule has 1 aromatic rings. The van der Waals surface area contributed by atoms with Crippen molar-refractivity contribution in [3.05, 3.63) is 30.3 Å².